The van der Waals surface area contributed by atoms with Gasteiger partial charge in [-0.3, -0.25) is 9.59 Å². The molecule has 180 valence electrons. The van der Waals surface area contributed by atoms with Crippen molar-refractivity contribution in [2.45, 2.75) is 25.4 Å². The van der Waals surface area contributed by atoms with Gasteiger partial charge in [0.15, 0.2) is 5.75 Å². The fraction of sp³-hybridized carbons (Fsp3) is 0.273. The average Bonchev–Trinajstić information content (AvgIpc) is 3.26. The van der Waals surface area contributed by atoms with Crippen LogP contribution in [0.2, 0.25) is 15.1 Å². The van der Waals surface area contributed by atoms with Crippen LogP contribution >= 0.6 is 46.6 Å². The first kappa shape index (κ1) is 26.2. The van der Waals surface area contributed by atoms with Crippen LogP contribution in [0.1, 0.15) is 22.8 Å². The SMILES string of the molecule is CC(=O)N1CSCC1C(=O)N[C@@H](Cc1ccc(C(=O)Oc2c(Cl)cc(Cl)cc2Cl)cc1)C(=O)O. The highest BCUT2D eigenvalue weighted by Crippen LogP contribution is 2.36. The van der Waals surface area contributed by atoms with Crippen molar-refractivity contribution < 1.29 is 29.0 Å². The second-order valence-electron chi connectivity index (χ2n) is 7.39. The van der Waals surface area contributed by atoms with Gasteiger partial charge in [-0.25, -0.2) is 9.59 Å². The molecule has 0 aromatic heterocycles. The van der Waals surface area contributed by atoms with E-state index < -0.39 is 29.9 Å². The maximum absolute atomic E-state index is 12.6. The normalized spacial score (nSPS) is 16.1. The Labute approximate surface area is 214 Å². The van der Waals surface area contributed by atoms with Crippen LogP contribution in [0.3, 0.4) is 0 Å². The lowest BCUT2D eigenvalue weighted by molar-refractivity contribution is -0.143. The van der Waals surface area contributed by atoms with Crippen molar-refractivity contribution in [1.29, 1.82) is 0 Å². The maximum atomic E-state index is 12.6. The molecule has 34 heavy (non-hydrogen) atoms. The molecule has 8 nitrogen and oxygen atoms in total. The molecule has 1 aliphatic rings. The summed E-state index contributed by atoms with van der Waals surface area (Å²) in [4.78, 5) is 49.9. The summed E-state index contributed by atoms with van der Waals surface area (Å²) in [5.74, 6) is -1.95. The Balaban J connectivity index is 1.66. The standard InChI is InChI=1S/C22H19Cl3N2O6S/c1-11(28)27-10-34-9-18(27)20(29)26-17(21(30)31)6-12-2-4-13(5-3-12)22(32)33-19-15(24)7-14(23)8-16(19)25/h2-5,7-8,17-18H,6,9-10H2,1H3,(H,26,29)(H,30,31)/t17-,18?/m0/s1. The van der Waals surface area contributed by atoms with Gasteiger partial charge >= 0.3 is 11.9 Å². The molecule has 1 saturated heterocycles. The molecule has 2 aromatic rings. The highest BCUT2D eigenvalue weighted by atomic mass is 35.5. The van der Waals surface area contributed by atoms with Gasteiger partial charge in [0.2, 0.25) is 11.8 Å². The Kier molecular flexibility index (Phi) is 8.70. The highest BCUT2D eigenvalue weighted by Gasteiger charge is 2.35. The molecule has 0 spiro atoms. The number of carbonyl (C=O) groups excluding carboxylic acids is 3. The number of esters is 1. The van der Waals surface area contributed by atoms with E-state index in [0.29, 0.717) is 22.2 Å². The number of halogens is 3. The first-order valence-electron chi connectivity index (χ1n) is 9.90. The number of aliphatic carboxylic acids is 1. The van der Waals surface area contributed by atoms with E-state index in [4.69, 9.17) is 39.5 Å². The zero-order valence-corrected chi connectivity index (χ0v) is 20.8. The zero-order chi connectivity index (χ0) is 25.0. The van der Waals surface area contributed by atoms with Crippen molar-refractivity contribution in [3.8, 4) is 5.75 Å². The second kappa shape index (κ2) is 11.3. The number of benzene rings is 2. The molecular weight excluding hydrogens is 527 g/mol. The minimum atomic E-state index is -1.22. The van der Waals surface area contributed by atoms with Gasteiger partial charge in [0.05, 0.1) is 21.5 Å². The lowest BCUT2D eigenvalue weighted by Gasteiger charge is -2.23. The van der Waals surface area contributed by atoms with Gasteiger partial charge < -0.3 is 20.1 Å². The zero-order valence-electron chi connectivity index (χ0n) is 17.7. The summed E-state index contributed by atoms with van der Waals surface area (Å²) in [5.41, 5.74) is 0.748. The predicted molar refractivity (Wildman–Crippen MR) is 130 cm³/mol. The summed E-state index contributed by atoms with van der Waals surface area (Å²) in [6.07, 6.45) is -0.0226. The van der Waals surface area contributed by atoms with E-state index in [1.54, 1.807) is 12.1 Å². The summed E-state index contributed by atoms with van der Waals surface area (Å²) in [7, 11) is 0. The molecule has 0 bridgehead atoms. The summed E-state index contributed by atoms with van der Waals surface area (Å²) in [6.45, 7) is 1.36. The van der Waals surface area contributed by atoms with Gasteiger partial charge in [-0.15, -0.1) is 11.8 Å². The van der Waals surface area contributed by atoms with E-state index in [9.17, 15) is 24.3 Å². The molecule has 1 heterocycles. The second-order valence-corrected chi connectivity index (χ2v) is 9.64. The van der Waals surface area contributed by atoms with Gasteiger partial charge in [0.1, 0.15) is 12.1 Å². The Morgan fingerprint density at radius 3 is 2.32 bits per heavy atom. The summed E-state index contributed by atoms with van der Waals surface area (Å²) in [6, 6.07) is 6.88. The predicted octanol–water partition coefficient (Wildman–Crippen LogP) is 3.90. The van der Waals surface area contributed by atoms with Gasteiger partial charge in [0, 0.05) is 24.1 Å². The van der Waals surface area contributed by atoms with E-state index in [2.05, 4.69) is 5.32 Å². The number of amides is 2. The molecule has 1 unspecified atom stereocenters. The fourth-order valence-corrected chi connectivity index (χ4v) is 5.34. The van der Waals surface area contributed by atoms with Crippen LogP contribution in [-0.2, 0) is 20.8 Å². The number of ether oxygens (including phenoxy) is 1. The summed E-state index contributed by atoms with van der Waals surface area (Å²) >= 11 is 19.3. The molecule has 1 fully saturated rings. The Bertz CT molecular complexity index is 1110. The summed E-state index contributed by atoms with van der Waals surface area (Å²) in [5, 5.41) is 12.5. The van der Waals surface area contributed by atoms with Crippen molar-refractivity contribution in [3.63, 3.8) is 0 Å². The smallest absolute Gasteiger partial charge is 0.343 e. The molecule has 2 aromatic carbocycles. The number of rotatable bonds is 7. The quantitative estimate of drug-likeness (QED) is 0.401. The number of thioether (sulfide) groups is 1. The molecule has 2 amide bonds. The molecule has 0 radical (unpaired) electrons. The maximum Gasteiger partial charge on any atom is 0.343 e. The Morgan fingerprint density at radius 1 is 1.15 bits per heavy atom. The molecule has 2 N–H and O–H groups in total. The molecule has 0 saturated carbocycles. The van der Waals surface area contributed by atoms with Gasteiger partial charge in [-0.05, 0) is 29.8 Å². The van der Waals surface area contributed by atoms with Crippen LogP contribution < -0.4 is 10.1 Å². The van der Waals surface area contributed by atoms with Gasteiger partial charge in [-0.2, -0.15) is 0 Å². The topological polar surface area (TPSA) is 113 Å². The Hall–Kier alpha value is -2.46. The average molecular weight is 546 g/mol. The minimum absolute atomic E-state index is 0.0226. The van der Waals surface area contributed by atoms with Gasteiger partial charge in [0.25, 0.3) is 0 Å². The number of hydrogen-bond donors (Lipinski definition) is 2. The first-order chi connectivity index (χ1) is 16.1. The largest absolute Gasteiger partial charge is 0.480 e. The van der Waals surface area contributed by atoms with Crippen LogP contribution in [0.4, 0.5) is 0 Å². The molecule has 3 rings (SSSR count). The van der Waals surface area contributed by atoms with Crippen molar-refractivity contribution in [2.24, 2.45) is 0 Å². The van der Waals surface area contributed by atoms with E-state index in [1.165, 1.54) is 47.9 Å². The molecular formula is C22H19Cl3N2O6S. The lowest BCUT2D eigenvalue weighted by Crippen LogP contribution is -2.52. The van der Waals surface area contributed by atoms with Crippen LogP contribution in [-0.4, -0.2) is 57.5 Å². The molecule has 12 heteroatoms. The van der Waals surface area contributed by atoms with Gasteiger partial charge in [-0.1, -0.05) is 46.9 Å². The molecule has 0 aliphatic carbocycles. The molecule has 2 atom stereocenters. The number of carboxylic acids is 1. The van der Waals surface area contributed by atoms with Crippen molar-refractivity contribution in [3.05, 3.63) is 62.6 Å². The third kappa shape index (κ3) is 6.35. The lowest BCUT2D eigenvalue weighted by atomic mass is 10.0. The minimum Gasteiger partial charge on any atom is -0.480 e. The number of nitrogens with zero attached hydrogens (tertiary/aromatic N) is 1. The third-order valence-corrected chi connectivity index (χ3v) is 6.78. The van der Waals surface area contributed by atoms with Crippen LogP contribution in [0.5, 0.6) is 5.75 Å². The van der Waals surface area contributed by atoms with Crippen LogP contribution in [0.25, 0.3) is 0 Å². The number of hydrogen-bond acceptors (Lipinski definition) is 6. The Morgan fingerprint density at radius 2 is 1.76 bits per heavy atom. The monoisotopic (exact) mass is 544 g/mol. The van der Waals surface area contributed by atoms with Crippen molar-refractivity contribution in [1.82, 2.24) is 10.2 Å². The van der Waals surface area contributed by atoms with Crippen molar-refractivity contribution >= 4 is 70.3 Å². The summed E-state index contributed by atoms with van der Waals surface area (Å²) < 4.78 is 5.27. The third-order valence-electron chi connectivity index (χ3n) is 4.99. The number of nitrogens with one attached hydrogen (secondary N) is 1. The van der Waals surface area contributed by atoms with Crippen LogP contribution in [0, 0.1) is 0 Å². The molecule has 1 aliphatic heterocycles. The fourth-order valence-electron chi connectivity index (χ4n) is 3.23. The van der Waals surface area contributed by atoms with Crippen molar-refractivity contribution in [2.75, 3.05) is 11.6 Å². The van der Waals surface area contributed by atoms with E-state index in [0.717, 1.165) is 0 Å². The van der Waals surface area contributed by atoms with E-state index in [-0.39, 0.29) is 33.7 Å². The van der Waals surface area contributed by atoms with E-state index in [1.807, 2.05) is 0 Å². The van der Waals surface area contributed by atoms with Crippen LogP contribution in [0.15, 0.2) is 36.4 Å². The number of carbonyl (C=O) groups is 4. The highest BCUT2D eigenvalue weighted by molar-refractivity contribution is 7.99. The van der Waals surface area contributed by atoms with E-state index >= 15 is 0 Å². The first-order valence-corrected chi connectivity index (χ1v) is 12.2. The number of carboxylic acid groups (broad SMARTS) is 1.